The van der Waals surface area contributed by atoms with Crippen LogP contribution in [0.5, 0.6) is 0 Å². The van der Waals surface area contributed by atoms with Crippen LogP contribution in [0, 0.1) is 11.3 Å². The second-order valence-electron chi connectivity index (χ2n) is 7.26. The Bertz CT molecular complexity index is 1090. The molecular weight excluding hydrogens is 635 g/mol. The fraction of sp³-hybridized carbons (Fsp3) is 0.421. The van der Waals surface area contributed by atoms with Crippen LogP contribution in [0.1, 0.15) is 17.5 Å². The molecule has 2 unspecified atom stereocenters. The molecule has 194 valence electrons. The predicted molar refractivity (Wildman–Crippen MR) is 99.5 cm³/mol. The van der Waals surface area contributed by atoms with E-state index < -0.39 is 74.2 Å². The number of nitrogens with zero attached hydrogens (tertiary/aromatic N) is 1. The zero-order chi connectivity index (χ0) is 27.5. The predicted octanol–water partition coefficient (Wildman–Crippen LogP) is 8.11. The summed E-state index contributed by atoms with van der Waals surface area (Å²) in [5.74, 6) is -13.5. The normalized spacial score (nSPS) is 22.1. The molecule has 16 heteroatoms. The summed E-state index contributed by atoms with van der Waals surface area (Å²) in [7, 11) is 0. The molecule has 1 aromatic carbocycles. The van der Waals surface area contributed by atoms with Gasteiger partial charge in [0.25, 0.3) is 5.67 Å². The number of hydrogen-bond donors (Lipinski definition) is 0. The molecule has 1 aliphatic rings. The summed E-state index contributed by atoms with van der Waals surface area (Å²) in [6.07, 6.45) is -23.8. The molecule has 0 fully saturated rings. The first-order valence-corrected chi connectivity index (χ1v) is 9.83. The summed E-state index contributed by atoms with van der Waals surface area (Å²) in [5, 5.41) is 9.18. The van der Waals surface area contributed by atoms with Crippen molar-refractivity contribution in [1.82, 2.24) is 0 Å². The Morgan fingerprint density at radius 2 is 1.26 bits per heavy atom. The van der Waals surface area contributed by atoms with Gasteiger partial charge >= 0.3 is 30.4 Å². The maximum absolute atomic E-state index is 15.8. The van der Waals surface area contributed by atoms with Crippen LogP contribution in [0.3, 0.4) is 0 Å². The molecule has 1 aliphatic carbocycles. The summed E-state index contributed by atoms with van der Waals surface area (Å²) < 4.78 is 192. The Kier molecular flexibility index (Phi) is 7.09. The fourth-order valence-corrected chi connectivity index (χ4v) is 4.48. The van der Waals surface area contributed by atoms with E-state index in [0.29, 0.717) is 12.1 Å². The van der Waals surface area contributed by atoms with Gasteiger partial charge in [-0.05, 0) is 37.8 Å². The van der Waals surface area contributed by atoms with Crippen molar-refractivity contribution in [3.8, 4) is 6.07 Å². The maximum atomic E-state index is 15.8. The Morgan fingerprint density at radius 3 is 1.69 bits per heavy atom. The topological polar surface area (TPSA) is 23.8 Å². The zero-order valence-electron chi connectivity index (χ0n) is 16.3. The van der Waals surface area contributed by atoms with E-state index in [1.165, 1.54) is 0 Å². The average Bonchev–Trinajstić information content (AvgIpc) is 2.69. The maximum Gasteiger partial charge on any atom is 0.457 e. The molecule has 35 heavy (non-hydrogen) atoms. The second kappa shape index (κ2) is 8.51. The summed E-state index contributed by atoms with van der Waals surface area (Å²) >= 11 is 0.810. The molecule has 0 saturated carbocycles. The van der Waals surface area contributed by atoms with E-state index in [1.54, 1.807) is 0 Å². The molecule has 0 N–H and O–H groups in total. The summed E-state index contributed by atoms with van der Waals surface area (Å²) in [6.45, 7) is 0. The van der Waals surface area contributed by atoms with Crippen LogP contribution in [0.4, 0.5) is 61.5 Å². The van der Waals surface area contributed by atoms with Crippen molar-refractivity contribution in [2.45, 2.75) is 47.9 Å². The minimum Gasteiger partial charge on any atom is -0.225 e. The third kappa shape index (κ3) is 4.26. The van der Waals surface area contributed by atoms with Crippen molar-refractivity contribution < 1.29 is 61.5 Å². The van der Waals surface area contributed by atoms with Crippen molar-refractivity contribution in [3.05, 3.63) is 56.7 Å². The lowest BCUT2D eigenvalue weighted by molar-refractivity contribution is -0.392. The highest BCUT2D eigenvalue weighted by Crippen LogP contribution is 2.64. The number of rotatable bonds is 4. The van der Waals surface area contributed by atoms with Gasteiger partial charge in [-0.1, -0.05) is 30.4 Å². The number of halogens is 15. The average molecular weight is 643 g/mol. The monoisotopic (exact) mass is 643 g/mol. The molecule has 0 heterocycles. The van der Waals surface area contributed by atoms with Gasteiger partial charge in [0.15, 0.2) is 0 Å². The molecule has 0 amide bonds. The molecule has 2 atom stereocenters. The smallest absolute Gasteiger partial charge is 0.225 e. The van der Waals surface area contributed by atoms with E-state index >= 15 is 4.39 Å². The van der Waals surface area contributed by atoms with E-state index in [2.05, 4.69) is 0 Å². The zero-order valence-corrected chi connectivity index (χ0v) is 18.4. The van der Waals surface area contributed by atoms with E-state index in [4.69, 9.17) is 0 Å². The lowest BCUT2D eigenvalue weighted by atomic mass is 9.61. The molecule has 0 radical (unpaired) electrons. The van der Waals surface area contributed by atoms with E-state index in [9.17, 15) is 62.3 Å². The van der Waals surface area contributed by atoms with Gasteiger partial charge in [0, 0.05) is 12.0 Å². The van der Waals surface area contributed by atoms with Crippen LogP contribution in [0.2, 0.25) is 0 Å². The number of alkyl halides is 14. The highest BCUT2D eigenvalue weighted by molar-refractivity contribution is 14.1. The first kappa shape index (κ1) is 29.2. The van der Waals surface area contributed by atoms with Crippen LogP contribution >= 0.6 is 22.6 Å². The molecule has 0 aliphatic heterocycles. The SMILES string of the molecule is N#Cc1ccccc1C1(C(F)(C(F)(F)F)C(F)(F)C(F)(F)F)C=C(I)CC(C(F)(F)C(F)(F)F)=C1. The van der Waals surface area contributed by atoms with Crippen LogP contribution in [-0.2, 0) is 5.41 Å². The Hall–Kier alpha value is -2.06. The highest BCUT2D eigenvalue weighted by Gasteiger charge is 2.87. The lowest BCUT2D eigenvalue weighted by Crippen LogP contribution is -2.71. The number of nitriles is 1. The van der Waals surface area contributed by atoms with Crippen molar-refractivity contribution in [2.75, 3.05) is 0 Å². The lowest BCUT2D eigenvalue weighted by Gasteiger charge is -2.48. The molecule has 1 aromatic rings. The van der Waals surface area contributed by atoms with Crippen LogP contribution < -0.4 is 0 Å². The molecule has 0 aromatic heterocycles. The van der Waals surface area contributed by atoms with Crippen LogP contribution in [0.25, 0.3) is 0 Å². The van der Waals surface area contributed by atoms with Crippen molar-refractivity contribution in [2.24, 2.45) is 0 Å². The standard InChI is InChI=1S/C19H8F14IN/c20-14(21,17(25,26)27)10-5-11(34)7-13(6-10,12-4-2-1-3-9(12)8-35)15(22,18(28,29)30)16(23,24)19(31,32)33/h1-4,6-7H,5H2. The highest BCUT2D eigenvalue weighted by atomic mass is 127. The van der Waals surface area contributed by atoms with Gasteiger partial charge in [0.2, 0.25) is 0 Å². The van der Waals surface area contributed by atoms with Gasteiger partial charge in [0.1, 0.15) is 0 Å². The second-order valence-corrected chi connectivity index (χ2v) is 8.65. The fourth-order valence-electron chi connectivity index (χ4n) is 3.58. The first-order chi connectivity index (χ1) is 15.5. The molecule has 2 rings (SSSR count). The van der Waals surface area contributed by atoms with Gasteiger partial charge in [0.05, 0.1) is 17.0 Å². The minimum atomic E-state index is -7.40. The van der Waals surface area contributed by atoms with Gasteiger partial charge in [-0.2, -0.15) is 62.3 Å². The number of allylic oxidation sites excluding steroid dienone is 4. The van der Waals surface area contributed by atoms with Crippen molar-refractivity contribution in [3.63, 3.8) is 0 Å². The van der Waals surface area contributed by atoms with Crippen molar-refractivity contribution >= 4 is 22.6 Å². The van der Waals surface area contributed by atoms with Gasteiger partial charge < -0.3 is 0 Å². The molecule has 0 saturated heterocycles. The summed E-state index contributed by atoms with van der Waals surface area (Å²) in [6, 6.07) is 3.38. The Balaban J connectivity index is 3.25. The third-order valence-electron chi connectivity index (χ3n) is 5.15. The summed E-state index contributed by atoms with van der Waals surface area (Å²) in [5.41, 5.74) is -16.8. The summed E-state index contributed by atoms with van der Waals surface area (Å²) in [4.78, 5) is 0. The molecule has 0 spiro atoms. The van der Waals surface area contributed by atoms with E-state index in [0.717, 1.165) is 34.7 Å². The number of benzene rings is 1. The Labute approximate surface area is 200 Å². The van der Waals surface area contributed by atoms with Gasteiger partial charge in [-0.25, -0.2) is 4.39 Å². The van der Waals surface area contributed by atoms with Crippen LogP contribution in [0.15, 0.2) is 45.6 Å². The molecular formula is C19H8F14IN. The molecule has 0 bridgehead atoms. The van der Waals surface area contributed by atoms with E-state index in [1.807, 2.05) is 0 Å². The third-order valence-corrected chi connectivity index (χ3v) is 5.84. The van der Waals surface area contributed by atoms with E-state index in [-0.39, 0.29) is 12.1 Å². The number of hydrogen-bond acceptors (Lipinski definition) is 1. The van der Waals surface area contributed by atoms with Crippen LogP contribution in [-0.4, -0.2) is 36.0 Å². The van der Waals surface area contributed by atoms with Crippen molar-refractivity contribution in [1.29, 1.82) is 5.26 Å². The van der Waals surface area contributed by atoms with Gasteiger partial charge in [-0.15, -0.1) is 0 Å². The first-order valence-electron chi connectivity index (χ1n) is 8.75. The minimum absolute atomic E-state index is 0.247. The quantitative estimate of drug-likeness (QED) is 0.185. The molecule has 1 nitrogen and oxygen atoms in total. The Morgan fingerprint density at radius 1 is 0.743 bits per heavy atom. The van der Waals surface area contributed by atoms with Gasteiger partial charge in [-0.3, -0.25) is 0 Å². The largest absolute Gasteiger partial charge is 0.457 e.